The molecular formula is C23H19N3O9S. The van der Waals surface area contributed by atoms with Gasteiger partial charge in [-0.15, -0.1) is 0 Å². The van der Waals surface area contributed by atoms with E-state index in [9.17, 15) is 33.8 Å². The molecule has 12 nitrogen and oxygen atoms in total. The Labute approximate surface area is 207 Å². The lowest BCUT2D eigenvalue weighted by atomic mass is 9.98. The van der Waals surface area contributed by atoms with Crippen molar-refractivity contribution in [3.63, 3.8) is 0 Å². The summed E-state index contributed by atoms with van der Waals surface area (Å²) in [6.07, 6.45) is 0. The number of ether oxygens (including phenoxy) is 2. The number of hydrogen-bond acceptors (Lipinski definition) is 9. The molecule has 186 valence electrons. The highest BCUT2D eigenvalue weighted by atomic mass is 32.2. The van der Waals surface area contributed by atoms with Gasteiger partial charge in [0, 0.05) is 12.1 Å². The van der Waals surface area contributed by atoms with Gasteiger partial charge < -0.3 is 19.3 Å². The minimum Gasteiger partial charge on any atom is -0.614 e. The van der Waals surface area contributed by atoms with E-state index in [0.29, 0.717) is 11.3 Å². The highest BCUT2D eigenvalue weighted by Crippen LogP contribution is 2.36. The Balaban J connectivity index is 1.40. The van der Waals surface area contributed by atoms with Crippen LogP contribution in [0.5, 0.6) is 5.75 Å². The minimum atomic E-state index is -1.77. The van der Waals surface area contributed by atoms with Gasteiger partial charge in [0.15, 0.2) is 18.7 Å². The quantitative estimate of drug-likeness (QED) is 0.130. The molecule has 36 heavy (non-hydrogen) atoms. The number of carbonyl (C=O) groups excluding carboxylic acids is 4. The van der Waals surface area contributed by atoms with Crippen molar-refractivity contribution < 1.29 is 38.1 Å². The van der Waals surface area contributed by atoms with E-state index < -0.39 is 51.3 Å². The Morgan fingerprint density at radius 2 is 1.86 bits per heavy atom. The molecule has 0 saturated carbocycles. The lowest BCUT2D eigenvalue weighted by Crippen LogP contribution is -2.79. The van der Waals surface area contributed by atoms with E-state index >= 15 is 0 Å². The Hall–Kier alpha value is -4.19. The van der Waals surface area contributed by atoms with Gasteiger partial charge in [0.1, 0.15) is 24.1 Å². The van der Waals surface area contributed by atoms with Crippen molar-refractivity contribution in [1.82, 2.24) is 10.2 Å². The lowest BCUT2D eigenvalue weighted by Gasteiger charge is -2.51. The van der Waals surface area contributed by atoms with Gasteiger partial charge in [0.05, 0.1) is 10.5 Å². The van der Waals surface area contributed by atoms with Gasteiger partial charge in [-0.05, 0) is 41.0 Å². The standard InChI is InChI=1S/C23H19N3O9S/c27-10-15-13-36(33)22-19(24-18(28)12-34-17-4-2-1-3-5-17)21(29)25(22)20(15)23(30)35-11-14-6-8-16(9-7-14)26(31)32/h1-9,19-20,22H,11-13H2,(H,24,28)/t19?,20?,22-,36?/m1/s1. The fourth-order valence-corrected chi connectivity index (χ4v) is 5.49. The van der Waals surface area contributed by atoms with E-state index in [1.807, 2.05) is 0 Å². The number of carbonyl (C=O) groups is 3. The van der Waals surface area contributed by atoms with Gasteiger partial charge in [-0.3, -0.25) is 24.6 Å². The van der Waals surface area contributed by atoms with E-state index in [-0.39, 0.29) is 30.2 Å². The molecule has 2 heterocycles. The van der Waals surface area contributed by atoms with E-state index in [4.69, 9.17) is 9.47 Å². The van der Waals surface area contributed by atoms with Crippen molar-refractivity contribution in [2.75, 3.05) is 12.4 Å². The van der Waals surface area contributed by atoms with Crippen molar-refractivity contribution in [2.45, 2.75) is 24.1 Å². The zero-order valence-corrected chi connectivity index (χ0v) is 19.3. The highest BCUT2D eigenvalue weighted by molar-refractivity contribution is 7.92. The fraction of sp³-hybridized carbons (Fsp3) is 0.261. The summed E-state index contributed by atoms with van der Waals surface area (Å²) in [7, 11) is 0. The van der Waals surface area contributed by atoms with Crippen LogP contribution in [0.1, 0.15) is 5.56 Å². The van der Waals surface area contributed by atoms with Gasteiger partial charge in [-0.1, -0.05) is 18.2 Å². The molecule has 0 spiro atoms. The Morgan fingerprint density at radius 3 is 2.50 bits per heavy atom. The molecule has 0 bridgehead atoms. The van der Waals surface area contributed by atoms with Gasteiger partial charge in [-0.2, -0.15) is 0 Å². The molecular weight excluding hydrogens is 494 g/mol. The number of non-ortho nitro benzene ring substituents is 1. The summed E-state index contributed by atoms with van der Waals surface area (Å²) in [6, 6.07) is 11.2. The maximum Gasteiger partial charge on any atom is 0.334 e. The van der Waals surface area contributed by atoms with Crippen LogP contribution in [-0.4, -0.2) is 67.9 Å². The van der Waals surface area contributed by atoms with Crippen LogP contribution < -0.4 is 10.1 Å². The van der Waals surface area contributed by atoms with Crippen molar-refractivity contribution >= 4 is 40.6 Å². The SMILES string of the molecule is O=C=C1C[S+]([O-])[C@@H]2C(NC(=O)COc3ccccc3)C(=O)N2C1C(=O)OCc1ccc([N+](=O)[O-])cc1. The third kappa shape index (κ3) is 5.08. The Bertz CT molecular complexity index is 1230. The maximum atomic E-state index is 12.8. The van der Waals surface area contributed by atoms with Crippen molar-refractivity contribution in [1.29, 1.82) is 0 Å². The normalized spacial score (nSPS) is 22.5. The smallest absolute Gasteiger partial charge is 0.334 e. The monoisotopic (exact) mass is 513 g/mol. The number of hydrogen-bond donors (Lipinski definition) is 1. The number of para-hydroxylation sites is 1. The third-order valence-corrected chi connectivity index (χ3v) is 7.20. The number of fused-ring (bicyclic) bond motifs is 1. The predicted molar refractivity (Wildman–Crippen MR) is 123 cm³/mol. The largest absolute Gasteiger partial charge is 0.614 e. The van der Waals surface area contributed by atoms with Crippen LogP contribution in [0, 0.1) is 10.1 Å². The van der Waals surface area contributed by atoms with Crippen LogP contribution in [-0.2, 0) is 41.7 Å². The number of benzene rings is 2. The first kappa shape index (κ1) is 24.9. The molecule has 4 rings (SSSR count). The van der Waals surface area contributed by atoms with Crippen LogP contribution >= 0.6 is 0 Å². The first-order valence-corrected chi connectivity index (χ1v) is 12.0. The molecule has 3 unspecified atom stereocenters. The van der Waals surface area contributed by atoms with Crippen molar-refractivity contribution in [3.8, 4) is 5.75 Å². The van der Waals surface area contributed by atoms with Crippen LogP contribution in [0.2, 0.25) is 0 Å². The molecule has 2 saturated heterocycles. The molecule has 4 atom stereocenters. The summed E-state index contributed by atoms with van der Waals surface area (Å²) in [5, 5.41) is 12.2. The van der Waals surface area contributed by atoms with Gasteiger partial charge in [0.2, 0.25) is 5.37 Å². The summed E-state index contributed by atoms with van der Waals surface area (Å²) in [6.45, 7) is -0.653. The number of nitrogens with zero attached hydrogens (tertiary/aromatic N) is 2. The molecule has 2 aliphatic rings. The molecule has 2 aliphatic heterocycles. The summed E-state index contributed by atoms with van der Waals surface area (Å²) in [5.74, 6) is -0.557. The second-order valence-corrected chi connectivity index (χ2v) is 9.40. The summed E-state index contributed by atoms with van der Waals surface area (Å²) >= 11 is -1.77. The first-order chi connectivity index (χ1) is 17.3. The topological polar surface area (TPSA) is 168 Å². The van der Waals surface area contributed by atoms with E-state index in [1.54, 1.807) is 36.3 Å². The number of esters is 1. The minimum absolute atomic E-state index is 0.137. The number of nitro groups is 1. The summed E-state index contributed by atoms with van der Waals surface area (Å²) in [4.78, 5) is 60.6. The van der Waals surface area contributed by atoms with Crippen molar-refractivity contribution in [3.05, 3.63) is 75.8 Å². The number of β-lactam (4-membered cyclic amide) rings is 1. The second kappa shape index (κ2) is 10.6. The third-order valence-electron chi connectivity index (χ3n) is 5.57. The molecule has 1 N–H and O–H groups in total. The molecule has 2 fully saturated rings. The molecule has 0 aliphatic carbocycles. The zero-order valence-electron chi connectivity index (χ0n) is 18.5. The Kier molecular flexibility index (Phi) is 7.34. The van der Waals surface area contributed by atoms with Gasteiger partial charge in [0.25, 0.3) is 17.5 Å². The maximum absolute atomic E-state index is 12.8. The first-order valence-electron chi connectivity index (χ1n) is 10.6. The summed E-state index contributed by atoms with van der Waals surface area (Å²) < 4.78 is 23.3. The van der Waals surface area contributed by atoms with E-state index in [0.717, 1.165) is 4.90 Å². The highest BCUT2D eigenvalue weighted by Gasteiger charge is 2.63. The van der Waals surface area contributed by atoms with Crippen molar-refractivity contribution in [2.24, 2.45) is 0 Å². The second-order valence-electron chi connectivity index (χ2n) is 7.87. The van der Waals surface area contributed by atoms with Crippen LogP contribution in [0.15, 0.2) is 60.2 Å². The van der Waals surface area contributed by atoms with Gasteiger partial charge in [-0.25, -0.2) is 9.59 Å². The molecule has 2 amide bonds. The summed E-state index contributed by atoms with van der Waals surface area (Å²) in [5.41, 5.74) is 0.103. The average molecular weight is 513 g/mol. The Morgan fingerprint density at radius 1 is 1.17 bits per heavy atom. The van der Waals surface area contributed by atoms with Crippen LogP contribution in [0.3, 0.4) is 0 Å². The number of nitrogens with one attached hydrogen (secondary N) is 1. The molecule has 0 radical (unpaired) electrons. The molecule has 2 aromatic carbocycles. The molecule has 13 heteroatoms. The molecule has 2 aromatic rings. The number of rotatable bonds is 8. The van der Waals surface area contributed by atoms with E-state index in [1.165, 1.54) is 24.3 Å². The number of amides is 2. The fourth-order valence-electron chi connectivity index (χ4n) is 3.83. The van der Waals surface area contributed by atoms with Crippen LogP contribution in [0.4, 0.5) is 5.69 Å². The number of nitro benzene ring substituents is 1. The lowest BCUT2D eigenvalue weighted by molar-refractivity contribution is -0.384. The average Bonchev–Trinajstić information content (AvgIpc) is 2.89. The molecule has 0 aromatic heterocycles. The van der Waals surface area contributed by atoms with Gasteiger partial charge >= 0.3 is 5.97 Å². The van der Waals surface area contributed by atoms with Crippen LogP contribution in [0.25, 0.3) is 0 Å². The predicted octanol–water partition coefficient (Wildman–Crippen LogP) is 0.259. The van der Waals surface area contributed by atoms with E-state index in [2.05, 4.69) is 5.32 Å². The zero-order chi connectivity index (χ0) is 25.8.